The van der Waals surface area contributed by atoms with Crippen LogP contribution >= 0.6 is 11.6 Å². The fraction of sp³-hybridized carbons (Fsp3) is 0.238. The van der Waals surface area contributed by atoms with Crippen molar-refractivity contribution in [3.8, 4) is 0 Å². The topological polar surface area (TPSA) is 122 Å². The van der Waals surface area contributed by atoms with Crippen molar-refractivity contribution in [3.63, 3.8) is 0 Å². The van der Waals surface area contributed by atoms with Crippen LogP contribution in [-0.4, -0.2) is 50.4 Å². The third-order valence-electron chi connectivity index (χ3n) is 4.89. The van der Waals surface area contributed by atoms with Crippen LogP contribution in [0.15, 0.2) is 52.2 Å². The number of halogens is 9. The Kier molecular flexibility index (Phi) is 8.26. The molecule has 8 nitrogen and oxygen atoms in total. The van der Waals surface area contributed by atoms with E-state index in [9.17, 15) is 40.2 Å². The molecule has 0 atom stereocenters. The lowest BCUT2D eigenvalue weighted by molar-refractivity contribution is -0.362. The molecule has 2 aromatic heterocycles. The zero-order valence-electron chi connectivity index (χ0n) is 18.6. The first kappa shape index (κ1) is 28.8. The van der Waals surface area contributed by atoms with Gasteiger partial charge in [0.15, 0.2) is 16.8 Å². The van der Waals surface area contributed by atoms with Gasteiger partial charge in [-0.15, -0.1) is 0 Å². The van der Waals surface area contributed by atoms with Crippen molar-refractivity contribution < 1.29 is 44.8 Å². The maximum absolute atomic E-state index is 14.3. The Morgan fingerprint density at radius 3 is 2.32 bits per heavy atom. The van der Waals surface area contributed by atoms with Crippen molar-refractivity contribution in [2.45, 2.75) is 24.5 Å². The van der Waals surface area contributed by atoms with Crippen molar-refractivity contribution >= 4 is 28.8 Å². The zero-order chi connectivity index (χ0) is 28.3. The standard InChI is InChI=1S/C21H15ClF8N6O2/c22-16-15(24)18(33-9-19(37,20(25,26)27)21(28,29)30)35-17(34-16)12(31)7-14(13-5-6-38-36-13)32-8-10-3-1-2-4-11(10)23/h1-7,37H,8-9,31H2,(H,33,34,35). The number of alkyl halides is 6. The largest absolute Gasteiger partial charge is 0.428 e. The van der Waals surface area contributed by atoms with E-state index in [2.05, 4.69) is 20.1 Å². The number of hydrogen-bond donors (Lipinski definition) is 3. The third-order valence-corrected chi connectivity index (χ3v) is 5.14. The zero-order valence-corrected chi connectivity index (χ0v) is 19.3. The molecule has 3 aromatic rings. The summed E-state index contributed by atoms with van der Waals surface area (Å²) in [4.78, 5) is 11.2. The Bertz CT molecular complexity index is 1330. The number of aliphatic imine (C=N–C) groups is 1. The molecule has 0 fully saturated rings. The summed E-state index contributed by atoms with van der Waals surface area (Å²) in [5, 5.41) is 13.4. The lowest BCUT2D eigenvalue weighted by Gasteiger charge is -2.32. The number of rotatable bonds is 8. The maximum Gasteiger partial charge on any atom is 0.428 e. The molecular formula is C21H15ClF8N6O2. The van der Waals surface area contributed by atoms with E-state index in [1.807, 2.05) is 0 Å². The molecule has 0 amide bonds. The van der Waals surface area contributed by atoms with Crippen molar-refractivity contribution in [2.24, 2.45) is 10.7 Å². The SMILES string of the molecule is NC(=CC(=NCc1ccccc1F)c1ccon1)c1nc(Cl)c(F)c(NCC(O)(C(F)(F)F)C(F)(F)F)n1. The summed E-state index contributed by atoms with van der Waals surface area (Å²) in [5.74, 6) is -4.02. The summed E-state index contributed by atoms with van der Waals surface area (Å²) in [6, 6.07) is 7.03. The second-order valence-corrected chi connectivity index (χ2v) is 7.85. The van der Waals surface area contributed by atoms with E-state index >= 15 is 0 Å². The summed E-state index contributed by atoms with van der Waals surface area (Å²) in [7, 11) is 0. The molecule has 204 valence electrons. The molecule has 3 rings (SSSR count). The van der Waals surface area contributed by atoms with Gasteiger partial charge in [0.1, 0.15) is 17.8 Å². The van der Waals surface area contributed by atoms with Crippen molar-refractivity contribution in [1.29, 1.82) is 0 Å². The maximum atomic E-state index is 14.3. The molecular weight excluding hydrogens is 556 g/mol. The van der Waals surface area contributed by atoms with Gasteiger partial charge in [0.05, 0.1) is 24.5 Å². The average molecular weight is 571 g/mol. The molecule has 0 saturated heterocycles. The molecule has 0 saturated carbocycles. The van der Waals surface area contributed by atoms with Crippen molar-refractivity contribution in [1.82, 2.24) is 15.1 Å². The molecule has 0 bridgehead atoms. The predicted molar refractivity (Wildman–Crippen MR) is 118 cm³/mol. The smallest absolute Gasteiger partial charge is 0.396 e. The van der Waals surface area contributed by atoms with E-state index in [1.165, 1.54) is 35.8 Å². The normalized spacial score (nSPS) is 13.6. The number of anilines is 1. The lowest BCUT2D eigenvalue weighted by atomic mass is 10.0. The number of hydrogen-bond acceptors (Lipinski definition) is 8. The molecule has 0 aliphatic carbocycles. The summed E-state index contributed by atoms with van der Waals surface area (Å²) < 4.78 is 111. The highest BCUT2D eigenvalue weighted by Crippen LogP contribution is 2.43. The van der Waals surface area contributed by atoms with Gasteiger partial charge in [-0.1, -0.05) is 35.0 Å². The first-order valence-electron chi connectivity index (χ1n) is 10.1. The second-order valence-electron chi connectivity index (χ2n) is 7.49. The van der Waals surface area contributed by atoms with Gasteiger partial charge >= 0.3 is 12.4 Å². The summed E-state index contributed by atoms with van der Waals surface area (Å²) in [6.45, 7) is -2.47. The van der Waals surface area contributed by atoms with Crippen LogP contribution in [0, 0.1) is 11.6 Å². The highest BCUT2D eigenvalue weighted by molar-refractivity contribution is 6.29. The first-order valence-corrected chi connectivity index (χ1v) is 10.5. The molecule has 0 aliphatic rings. The minimum atomic E-state index is -6.17. The van der Waals surface area contributed by atoms with Gasteiger partial charge in [-0.2, -0.15) is 30.7 Å². The van der Waals surface area contributed by atoms with Crippen LogP contribution in [0.25, 0.3) is 5.70 Å². The van der Waals surface area contributed by atoms with Crippen LogP contribution in [0.1, 0.15) is 17.1 Å². The van der Waals surface area contributed by atoms with Gasteiger partial charge in [0.2, 0.25) is 5.82 Å². The highest BCUT2D eigenvalue weighted by atomic mass is 35.5. The Morgan fingerprint density at radius 1 is 1.08 bits per heavy atom. The van der Waals surface area contributed by atoms with E-state index in [1.54, 1.807) is 6.07 Å². The third kappa shape index (κ3) is 6.19. The van der Waals surface area contributed by atoms with Gasteiger partial charge < -0.3 is 20.7 Å². The van der Waals surface area contributed by atoms with Gasteiger partial charge in [-0.3, -0.25) is 4.99 Å². The number of aliphatic hydroxyl groups is 1. The molecule has 17 heteroatoms. The average Bonchev–Trinajstić information content (AvgIpc) is 3.36. The van der Waals surface area contributed by atoms with Gasteiger partial charge in [-0.05, 0) is 12.1 Å². The molecule has 0 aliphatic heterocycles. The fourth-order valence-corrected chi connectivity index (χ4v) is 2.96. The predicted octanol–water partition coefficient (Wildman–Crippen LogP) is 4.65. The van der Waals surface area contributed by atoms with Crippen LogP contribution in [0.3, 0.4) is 0 Å². The van der Waals surface area contributed by atoms with E-state index in [0.717, 1.165) is 6.08 Å². The molecule has 2 heterocycles. The van der Waals surface area contributed by atoms with Crippen LogP contribution in [0.5, 0.6) is 0 Å². The van der Waals surface area contributed by atoms with E-state index in [-0.39, 0.29) is 23.5 Å². The summed E-state index contributed by atoms with van der Waals surface area (Å²) in [5.41, 5.74) is 0.488. The van der Waals surface area contributed by atoms with Gasteiger partial charge in [0, 0.05) is 11.6 Å². The molecule has 4 N–H and O–H groups in total. The minimum absolute atomic E-state index is 0.0263. The number of aromatic nitrogens is 3. The number of nitrogens with two attached hydrogens (primary N) is 1. The molecule has 38 heavy (non-hydrogen) atoms. The quantitative estimate of drug-likeness (QED) is 0.205. The highest BCUT2D eigenvalue weighted by Gasteiger charge is 2.70. The van der Waals surface area contributed by atoms with E-state index in [4.69, 9.17) is 21.9 Å². The molecule has 0 radical (unpaired) electrons. The Labute approximate surface area is 212 Å². The van der Waals surface area contributed by atoms with Gasteiger partial charge in [-0.25, -0.2) is 14.4 Å². The Hall–Kier alpha value is -3.79. The first-order chi connectivity index (χ1) is 17.6. The second kappa shape index (κ2) is 10.9. The molecule has 0 unspecified atom stereocenters. The Morgan fingerprint density at radius 2 is 1.74 bits per heavy atom. The fourth-order valence-electron chi connectivity index (χ4n) is 2.79. The number of nitrogens with zero attached hydrogens (tertiary/aromatic N) is 4. The monoisotopic (exact) mass is 570 g/mol. The minimum Gasteiger partial charge on any atom is -0.396 e. The van der Waals surface area contributed by atoms with E-state index < -0.39 is 58.6 Å². The van der Waals surface area contributed by atoms with E-state index in [0.29, 0.717) is 0 Å². The van der Waals surface area contributed by atoms with Crippen LogP contribution in [0.4, 0.5) is 40.9 Å². The number of benzene rings is 1. The summed E-state index contributed by atoms with van der Waals surface area (Å²) >= 11 is 5.63. The van der Waals surface area contributed by atoms with Gasteiger partial charge in [0.25, 0.3) is 5.60 Å². The Balaban J connectivity index is 1.97. The van der Waals surface area contributed by atoms with Crippen LogP contribution in [-0.2, 0) is 6.54 Å². The molecule has 1 aromatic carbocycles. The summed E-state index contributed by atoms with van der Waals surface area (Å²) in [6.07, 6.45) is -10.1. The van der Waals surface area contributed by atoms with Crippen molar-refractivity contribution in [2.75, 3.05) is 11.9 Å². The van der Waals surface area contributed by atoms with Crippen molar-refractivity contribution in [3.05, 3.63) is 76.5 Å². The number of allylic oxidation sites excluding steroid dienone is 1. The lowest BCUT2D eigenvalue weighted by Crippen LogP contribution is -2.61. The van der Waals surface area contributed by atoms with Crippen LogP contribution < -0.4 is 11.1 Å². The molecule has 0 spiro atoms. The van der Waals surface area contributed by atoms with Crippen LogP contribution in [0.2, 0.25) is 5.15 Å². The number of nitrogens with one attached hydrogen (secondary N) is 1.